The highest BCUT2D eigenvalue weighted by Crippen LogP contribution is 2.29. The van der Waals surface area contributed by atoms with Crippen LogP contribution < -0.4 is 0 Å². The average molecular weight is 214 g/mol. The quantitative estimate of drug-likeness (QED) is 0.658. The Bertz CT molecular complexity index is 188. The fourth-order valence-corrected chi connectivity index (χ4v) is 3.54. The van der Waals surface area contributed by atoms with Crippen LogP contribution in [0.3, 0.4) is 0 Å². The van der Waals surface area contributed by atoms with Gasteiger partial charge in [0.1, 0.15) is 0 Å². The van der Waals surface area contributed by atoms with Gasteiger partial charge < -0.3 is 0 Å². The fraction of sp³-hybridized carbons (Fsp3) is 0.909. The zero-order valence-corrected chi connectivity index (χ0v) is 11.2. The van der Waals surface area contributed by atoms with Gasteiger partial charge in [-0.1, -0.05) is 8.58 Å². The lowest BCUT2D eigenvalue weighted by Crippen LogP contribution is -2.42. The first-order valence-corrected chi connectivity index (χ1v) is 6.48. The lowest BCUT2D eigenvalue weighted by molar-refractivity contribution is 0.166. The number of nitrogens with zero attached hydrogens (tertiary/aromatic N) is 2. The maximum Gasteiger partial charge on any atom is 0.0697 e. The Morgan fingerprint density at radius 3 is 1.71 bits per heavy atom. The molecule has 3 heteroatoms. The molecule has 0 rings (SSSR count). The summed E-state index contributed by atoms with van der Waals surface area (Å²) < 4.78 is 0. The summed E-state index contributed by atoms with van der Waals surface area (Å²) >= 11 is 0. The van der Waals surface area contributed by atoms with Crippen molar-refractivity contribution in [1.29, 1.82) is 5.26 Å². The molecule has 0 aromatic rings. The van der Waals surface area contributed by atoms with Crippen molar-refractivity contribution in [2.24, 2.45) is 0 Å². The van der Waals surface area contributed by atoms with Crippen molar-refractivity contribution in [3.8, 4) is 6.07 Å². The molecule has 3 unspecified atom stereocenters. The van der Waals surface area contributed by atoms with Gasteiger partial charge in [0, 0.05) is 17.9 Å². The maximum atomic E-state index is 8.78. The molecule has 0 aromatic carbocycles. The first-order chi connectivity index (χ1) is 6.40. The van der Waals surface area contributed by atoms with Crippen LogP contribution in [0.4, 0.5) is 0 Å². The Kier molecular flexibility index (Phi) is 6.33. The summed E-state index contributed by atoms with van der Waals surface area (Å²) in [7, 11) is 0.710. The summed E-state index contributed by atoms with van der Waals surface area (Å²) in [6, 6.07) is 3.43. The van der Waals surface area contributed by atoms with Crippen molar-refractivity contribution in [2.75, 3.05) is 0 Å². The Morgan fingerprint density at radius 1 is 1.00 bits per heavy atom. The van der Waals surface area contributed by atoms with E-state index in [1.165, 1.54) is 0 Å². The van der Waals surface area contributed by atoms with Gasteiger partial charge in [-0.15, -0.1) is 0 Å². The Morgan fingerprint density at radius 2 is 1.43 bits per heavy atom. The van der Waals surface area contributed by atoms with Crippen LogP contribution in [-0.2, 0) is 0 Å². The molecule has 0 fully saturated rings. The summed E-state index contributed by atoms with van der Waals surface area (Å²) in [5.74, 6) is 0.518. The molecular weight excluding hydrogens is 191 g/mol. The molecule has 0 bridgehead atoms. The highest BCUT2D eigenvalue weighted by molar-refractivity contribution is 7.40. The summed E-state index contributed by atoms with van der Waals surface area (Å²) in [4.78, 5) is 2.48. The Labute approximate surface area is 90.5 Å². The zero-order chi connectivity index (χ0) is 11.3. The van der Waals surface area contributed by atoms with Crippen LogP contribution in [0.5, 0.6) is 0 Å². The van der Waals surface area contributed by atoms with E-state index < -0.39 is 0 Å². The van der Waals surface area contributed by atoms with E-state index in [-0.39, 0.29) is 5.66 Å². The van der Waals surface area contributed by atoms with E-state index in [0.717, 1.165) is 0 Å². The standard InChI is InChI=1S/C11H23N2P/c1-8(2)13(9(3)4)11(6)14-10(5)7-12/h8-11,14H,1-6H3. The normalized spacial score (nSPS) is 16.9. The number of hydrogen-bond donors (Lipinski definition) is 0. The predicted molar refractivity (Wildman–Crippen MR) is 65.0 cm³/mol. The van der Waals surface area contributed by atoms with Crippen LogP contribution in [0.25, 0.3) is 0 Å². The van der Waals surface area contributed by atoms with E-state index in [9.17, 15) is 0 Å². The van der Waals surface area contributed by atoms with Gasteiger partial charge in [-0.05, 0) is 41.5 Å². The second-order valence-corrected chi connectivity index (χ2v) is 6.36. The average Bonchev–Trinajstić information content (AvgIpc) is 2.02. The molecule has 0 spiro atoms. The van der Waals surface area contributed by atoms with Gasteiger partial charge in [0.05, 0.1) is 11.7 Å². The van der Waals surface area contributed by atoms with Crippen molar-refractivity contribution in [1.82, 2.24) is 4.90 Å². The number of hydrogen-bond acceptors (Lipinski definition) is 2. The predicted octanol–water partition coefficient (Wildman–Crippen LogP) is 3.04. The van der Waals surface area contributed by atoms with Crippen LogP contribution >= 0.6 is 8.58 Å². The van der Waals surface area contributed by atoms with Crippen molar-refractivity contribution in [3.63, 3.8) is 0 Å². The van der Waals surface area contributed by atoms with Crippen LogP contribution in [0.15, 0.2) is 0 Å². The topological polar surface area (TPSA) is 27.0 Å². The molecule has 3 atom stereocenters. The molecule has 0 heterocycles. The Balaban J connectivity index is 4.31. The van der Waals surface area contributed by atoms with Crippen molar-refractivity contribution in [3.05, 3.63) is 0 Å². The van der Waals surface area contributed by atoms with Gasteiger partial charge in [-0.3, -0.25) is 4.90 Å². The molecule has 14 heavy (non-hydrogen) atoms. The van der Waals surface area contributed by atoms with Gasteiger partial charge in [0.2, 0.25) is 0 Å². The first kappa shape index (κ1) is 13.9. The van der Waals surface area contributed by atoms with Crippen LogP contribution in [0, 0.1) is 11.3 Å². The van der Waals surface area contributed by atoms with Crippen molar-refractivity contribution < 1.29 is 0 Å². The third-order valence-corrected chi connectivity index (χ3v) is 3.73. The molecule has 82 valence electrons. The minimum atomic E-state index is 0.185. The van der Waals surface area contributed by atoms with Gasteiger partial charge in [-0.25, -0.2) is 0 Å². The zero-order valence-electron chi connectivity index (χ0n) is 10.2. The number of nitriles is 1. The molecule has 2 nitrogen and oxygen atoms in total. The highest BCUT2D eigenvalue weighted by Gasteiger charge is 2.21. The second-order valence-electron chi connectivity index (χ2n) is 4.33. The van der Waals surface area contributed by atoms with Crippen LogP contribution in [0.1, 0.15) is 41.5 Å². The third kappa shape index (κ3) is 4.40. The maximum absolute atomic E-state index is 8.78. The van der Waals surface area contributed by atoms with E-state index in [4.69, 9.17) is 5.26 Å². The monoisotopic (exact) mass is 214 g/mol. The summed E-state index contributed by atoms with van der Waals surface area (Å²) in [5, 5.41) is 8.78. The molecule has 0 radical (unpaired) electrons. The van der Waals surface area contributed by atoms with E-state index in [0.29, 0.717) is 26.4 Å². The molecule has 0 aliphatic heterocycles. The van der Waals surface area contributed by atoms with E-state index in [1.807, 2.05) is 6.92 Å². The van der Waals surface area contributed by atoms with Crippen molar-refractivity contribution >= 4 is 8.58 Å². The second kappa shape index (κ2) is 6.38. The molecule has 0 aliphatic rings. The minimum absolute atomic E-state index is 0.185. The first-order valence-electron chi connectivity index (χ1n) is 5.33. The fourth-order valence-electron chi connectivity index (χ4n) is 1.98. The highest BCUT2D eigenvalue weighted by atomic mass is 31.1. The van der Waals surface area contributed by atoms with E-state index >= 15 is 0 Å². The lowest BCUT2D eigenvalue weighted by atomic mass is 10.2. The van der Waals surface area contributed by atoms with Gasteiger partial charge in [-0.2, -0.15) is 5.26 Å². The SMILES string of the molecule is CC(C#N)PC(C)N(C(C)C)C(C)C. The smallest absolute Gasteiger partial charge is 0.0697 e. The molecule has 0 saturated carbocycles. The largest absolute Gasteiger partial charge is 0.292 e. The molecule has 0 aliphatic carbocycles. The van der Waals surface area contributed by atoms with Crippen LogP contribution in [0.2, 0.25) is 0 Å². The van der Waals surface area contributed by atoms with E-state index in [1.54, 1.807) is 0 Å². The third-order valence-electron chi connectivity index (χ3n) is 2.32. The summed E-state index contributed by atoms with van der Waals surface area (Å²) in [5.41, 5.74) is 0.185. The lowest BCUT2D eigenvalue weighted by Gasteiger charge is -2.36. The van der Waals surface area contributed by atoms with E-state index in [2.05, 4.69) is 45.6 Å². The molecule has 0 amide bonds. The van der Waals surface area contributed by atoms with Gasteiger partial charge in [0.15, 0.2) is 0 Å². The summed E-state index contributed by atoms with van der Waals surface area (Å²) in [6.45, 7) is 13.1. The van der Waals surface area contributed by atoms with Gasteiger partial charge in [0.25, 0.3) is 0 Å². The minimum Gasteiger partial charge on any atom is -0.292 e. The number of rotatable bonds is 5. The Hall–Kier alpha value is -0.120. The van der Waals surface area contributed by atoms with Crippen LogP contribution in [-0.4, -0.2) is 28.4 Å². The molecular formula is C11H23N2P. The van der Waals surface area contributed by atoms with Crippen molar-refractivity contribution in [2.45, 2.75) is 65.1 Å². The molecule has 0 N–H and O–H groups in total. The van der Waals surface area contributed by atoms with Gasteiger partial charge >= 0.3 is 0 Å². The molecule has 0 saturated heterocycles. The molecule has 0 aromatic heterocycles. The summed E-state index contributed by atoms with van der Waals surface area (Å²) in [6.07, 6.45) is 0.